The van der Waals surface area contributed by atoms with Crippen LogP contribution in [0, 0.1) is 17.3 Å². The summed E-state index contributed by atoms with van der Waals surface area (Å²) in [5, 5.41) is 9.46. The first-order valence-electron chi connectivity index (χ1n) is 6.21. The van der Waals surface area contributed by atoms with Crippen molar-refractivity contribution in [3.8, 4) is 0 Å². The van der Waals surface area contributed by atoms with Crippen LogP contribution >= 0.6 is 0 Å². The standard InChI is InChI=1S/C14H26O/c1-10(12(3)15)6-8-13-9-7-11(2)14(13,4)5/h7,10,12-13,15H,6,8-9H2,1-5H3. The predicted octanol–water partition coefficient (Wildman–Crippen LogP) is 3.78. The van der Waals surface area contributed by atoms with Gasteiger partial charge in [-0.3, -0.25) is 0 Å². The van der Waals surface area contributed by atoms with Crippen molar-refractivity contribution in [2.45, 2.75) is 60.0 Å². The normalized spacial score (nSPS) is 28.7. The Kier molecular flexibility index (Phi) is 3.99. The lowest BCUT2D eigenvalue weighted by molar-refractivity contribution is 0.120. The summed E-state index contributed by atoms with van der Waals surface area (Å²) >= 11 is 0. The Morgan fingerprint density at radius 3 is 2.47 bits per heavy atom. The molecule has 0 aromatic carbocycles. The maximum Gasteiger partial charge on any atom is 0.0537 e. The van der Waals surface area contributed by atoms with Crippen molar-refractivity contribution in [2.24, 2.45) is 17.3 Å². The fourth-order valence-corrected chi connectivity index (χ4v) is 2.38. The quantitative estimate of drug-likeness (QED) is 0.700. The van der Waals surface area contributed by atoms with Crippen LogP contribution < -0.4 is 0 Å². The minimum atomic E-state index is -0.163. The zero-order chi connectivity index (χ0) is 11.6. The Balaban J connectivity index is 2.42. The molecule has 0 aromatic heterocycles. The highest BCUT2D eigenvalue weighted by Gasteiger charge is 2.34. The lowest BCUT2D eigenvalue weighted by Crippen LogP contribution is -2.22. The van der Waals surface area contributed by atoms with Crippen LogP contribution in [-0.2, 0) is 0 Å². The number of rotatable bonds is 4. The van der Waals surface area contributed by atoms with Crippen LogP contribution in [0.5, 0.6) is 0 Å². The highest BCUT2D eigenvalue weighted by molar-refractivity contribution is 5.18. The molecule has 1 heteroatoms. The molecule has 0 spiro atoms. The minimum Gasteiger partial charge on any atom is -0.393 e. The van der Waals surface area contributed by atoms with Crippen LogP contribution in [0.2, 0.25) is 0 Å². The van der Waals surface area contributed by atoms with Gasteiger partial charge in [-0.2, -0.15) is 0 Å². The van der Waals surface area contributed by atoms with Gasteiger partial charge in [0.2, 0.25) is 0 Å². The monoisotopic (exact) mass is 210 g/mol. The van der Waals surface area contributed by atoms with Gasteiger partial charge in [0.1, 0.15) is 0 Å². The van der Waals surface area contributed by atoms with Crippen LogP contribution in [0.4, 0.5) is 0 Å². The average Bonchev–Trinajstić information content (AvgIpc) is 2.39. The van der Waals surface area contributed by atoms with Crippen molar-refractivity contribution in [3.63, 3.8) is 0 Å². The van der Waals surface area contributed by atoms with Gasteiger partial charge in [-0.05, 0) is 50.4 Å². The van der Waals surface area contributed by atoms with Crippen molar-refractivity contribution >= 4 is 0 Å². The summed E-state index contributed by atoms with van der Waals surface area (Å²) in [7, 11) is 0. The highest BCUT2D eigenvalue weighted by atomic mass is 16.3. The molecule has 1 aliphatic rings. The van der Waals surface area contributed by atoms with Crippen LogP contribution in [0.15, 0.2) is 11.6 Å². The van der Waals surface area contributed by atoms with Gasteiger partial charge in [0.25, 0.3) is 0 Å². The molecule has 15 heavy (non-hydrogen) atoms. The topological polar surface area (TPSA) is 20.2 Å². The van der Waals surface area contributed by atoms with Crippen LogP contribution in [0.25, 0.3) is 0 Å². The second kappa shape index (κ2) is 4.69. The van der Waals surface area contributed by atoms with E-state index in [9.17, 15) is 5.11 Å². The van der Waals surface area contributed by atoms with E-state index in [2.05, 4.69) is 33.8 Å². The van der Waals surface area contributed by atoms with E-state index in [1.165, 1.54) is 18.4 Å². The first kappa shape index (κ1) is 12.8. The minimum absolute atomic E-state index is 0.163. The van der Waals surface area contributed by atoms with E-state index in [0.29, 0.717) is 11.3 Å². The van der Waals surface area contributed by atoms with Crippen molar-refractivity contribution in [1.82, 2.24) is 0 Å². The van der Waals surface area contributed by atoms with Crippen LogP contribution in [0.1, 0.15) is 53.9 Å². The zero-order valence-electron chi connectivity index (χ0n) is 10.9. The van der Waals surface area contributed by atoms with E-state index < -0.39 is 0 Å². The first-order valence-corrected chi connectivity index (χ1v) is 6.21. The third kappa shape index (κ3) is 2.84. The van der Waals surface area contributed by atoms with Gasteiger partial charge < -0.3 is 5.11 Å². The Hall–Kier alpha value is -0.300. The molecular formula is C14H26O. The fourth-order valence-electron chi connectivity index (χ4n) is 2.38. The van der Waals surface area contributed by atoms with Gasteiger partial charge in [0.15, 0.2) is 0 Å². The van der Waals surface area contributed by atoms with Gasteiger partial charge in [-0.25, -0.2) is 0 Å². The third-order valence-electron chi connectivity index (χ3n) is 4.54. The second-order valence-corrected chi connectivity index (χ2v) is 5.84. The molecule has 0 radical (unpaired) electrons. The molecule has 1 nitrogen and oxygen atoms in total. The highest BCUT2D eigenvalue weighted by Crippen LogP contribution is 2.45. The van der Waals surface area contributed by atoms with E-state index in [1.54, 1.807) is 0 Å². The van der Waals surface area contributed by atoms with Crippen LogP contribution in [0.3, 0.4) is 0 Å². The van der Waals surface area contributed by atoms with Gasteiger partial charge in [-0.15, -0.1) is 0 Å². The molecule has 0 heterocycles. The molecule has 88 valence electrons. The summed E-state index contributed by atoms with van der Waals surface area (Å²) in [6.07, 6.45) is 5.84. The summed E-state index contributed by atoms with van der Waals surface area (Å²) in [4.78, 5) is 0. The smallest absolute Gasteiger partial charge is 0.0537 e. The summed E-state index contributed by atoms with van der Waals surface area (Å²) in [5.41, 5.74) is 1.91. The molecule has 0 bridgehead atoms. The second-order valence-electron chi connectivity index (χ2n) is 5.84. The predicted molar refractivity (Wildman–Crippen MR) is 65.7 cm³/mol. The van der Waals surface area contributed by atoms with E-state index in [-0.39, 0.29) is 6.10 Å². The van der Waals surface area contributed by atoms with Gasteiger partial charge in [0.05, 0.1) is 6.10 Å². The van der Waals surface area contributed by atoms with Crippen molar-refractivity contribution < 1.29 is 5.11 Å². The number of aliphatic hydroxyl groups is 1. The molecule has 1 N–H and O–H groups in total. The molecule has 3 atom stereocenters. The number of hydrogen-bond acceptors (Lipinski definition) is 1. The van der Waals surface area contributed by atoms with Gasteiger partial charge in [-0.1, -0.05) is 32.4 Å². The molecule has 0 aliphatic heterocycles. The lowest BCUT2D eigenvalue weighted by Gasteiger charge is -2.30. The van der Waals surface area contributed by atoms with E-state index >= 15 is 0 Å². The Morgan fingerprint density at radius 1 is 1.47 bits per heavy atom. The molecule has 0 amide bonds. The van der Waals surface area contributed by atoms with Crippen molar-refractivity contribution in [2.75, 3.05) is 0 Å². The van der Waals surface area contributed by atoms with Crippen molar-refractivity contribution in [3.05, 3.63) is 11.6 Å². The fraction of sp³-hybridized carbons (Fsp3) is 0.857. The van der Waals surface area contributed by atoms with E-state index in [1.807, 2.05) is 6.92 Å². The number of aliphatic hydroxyl groups excluding tert-OH is 1. The summed E-state index contributed by atoms with van der Waals surface area (Å²) in [6.45, 7) is 11.0. The summed E-state index contributed by atoms with van der Waals surface area (Å²) in [6, 6.07) is 0. The summed E-state index contributed by atoms with van der Waals surface area (Å²) < 4.78 is 0. The maximum absolute atomic E-state index is 9.46. The van der Waals surface area contributed by atoms with Gasteiger partial charge >= 0.3 is 0 Å². The Morgan fingerprint density at radius 2 is 2.07 bits per heavy atom. The lowest BCUT2D eigenvalue weighted by atomic mass is 9.74. The number of hydrogen-bond donors (Lipinski definition) is 1. The Labute approximate surface area is 94.6 Å². The molecule has 1 rings (SSSR count). The van der Waals surface area contributed by atoms with Gasteiger partial charge in [0, 0.05) is 0 Å². The first-order chi connectivity index (χ1) is 6.85. The van der Waals surface area contributed by atoms with Crippen molar-refractivity contribution in [1.29, 1.82) is 0 Å². The largest absolute Gasteiger partial charge is 0.393 e. The average molecular weight is 210 g/mol. The Bertz CT molecular complexity index is 238. The summed E-state index contributed by atoms with van der Waals surface area (Å²) in [5.74, 6) is 1.21. The zero-order valence-corrected chi connectivity index (χ0v) is 10.9. The maximum atomic E-state index is 9.46. The molecule has 3 unspecified atom stereocenters. The molecule has 1 aliphatic carbocycles. The third-order valence-corrected chi connectivity index (χ3v) is 4.54. The molecule has 0 saturated carbocycles. The van der Waals surface area contributed by atoms with E-state index in [4.69, 9.17) is 0 Å². The molecule has 0 saturated heterocycles. The van der Waals surface area contributed by atoms with Crippen LogP contribution in [-0.4, -0.2) is 11.2 Å². The SMILES string of the molecule is CC1=CCC(CCC(C)C(C)O)C1(C)C. The molecular weight excluding hydrogens is 184 g/mol. The number of allylic oxidation sites excluding steroid dienone is 2. The molecule has 0 fully saturated rings. The van der Waals surface area contributed by atoms with E-state index in [0.717, 1.165) is 12.3 Å². The molecule has 0 aromatic rings.